The molecule has 2 saturated heterocycles. The maximum Gasteiger partial charge on any atom is 0.225 e. The predicted octanol–water partition coefficient (Wildman–Crippen LogP) is 4.25. The molecule has 1 unspecified atom stereocenters. The molecule has 3 atom stereocenters. The third-order valence-electron chi connectivity index (χ3n) is 7.57. The van der Waals surface area contributed by atoms with Gasteiger partial charge in [-0.3, -0.25) is 9.69 Å². The van der Waals surface area contributed by atoms with Gasteiger partial charge in [0.25, 0.3) is 0 Å². The summed E-state index contributed by atoms with van der Waals surface area (Å²) in [5, 5.41) is 0. The van der Waals surface area contributed by atoms with Crippen molar-refractivity contribution in [3.63, 3.8) is 0 Å². The Morgan fingerprint density at radius 3 is 2.32 bits per heavy atom. The maximum atomic E-state index is 13.3. The van der Waals surface area contributed by atoms with Crippen molar-refractivity contribution >= 4 is 29.4 Å². The standard InChI is InChI=1S/C23H32N2OS2/c1-17-4-2-3-5-18(17)16-24-8-10-25(11-9-24)22(26)19-14-20-6-7-21(15-19)23(20)27-12-13-28-23/h2-5,19-21H,6-16H2,1H3/t19?,20-,21+. The second kappa shape index (κ2) is 7.88. The normalized spacial score (nSPS) is 32.2. The Morgan fingerprint density at radius 2 is 1.68 bits per heavy atom. The quantitative estimate of drug-likeness (QED) is 0.735. The molecule has 4 aliphatic rings. The van der Waals surface area contributed by atoms with Gasteiger partial charge in [0.1, 0.15) is 0 Å². The van der Waals surface area contributed by atoms with Crippen LogP contribution in [0.25, 0.3) is 0 Å². The SMILES string of the molecule is Cc1ccccc1CN1CCN(C(=O)C2C[C@H]3CC[C@@H](C2)C32SCCS2)CC1. The summed E-state index contributed by atoms with van der Waals surface area (Å²) in [4.78, 5) is 18.0. The smallest absolute Gasteiger partial charge is 0.225 e. The number of amides is 1. The number of carbonyl (C=O) groups excluding carboxylic acids is 1. The molecule has 2 bridgehead atoms. The molecule has 152 valence electrons. The molecule has 1 aromatic carbocycles. The fourth-order valence-corrected chi connectivity index (χ4v) is 9.95. The Hall–Kier alpha value is -0.650. The zero-order valence-corrected chi connectivity index (χ0v) is 18.6. The Morgan fingerprint density at radius 1 is 1.04 bits per heavy atom. The van der Waals surface area contributed by atoms with E-state index in [2.05, 4.69) is 64.5 Å². The zero-order valence-electron chi connectivity index (χ0n) is 16.9. The summed E-state index contributed by atoms with van der Waals surface area (Å²) in [6, 6.07) is 8.67. The maximum absolute atomic E-state index is 13.3. The van der Waals surface area contributed by atoms with E-state index in [9.17, 15) is 4.79 Å². The molecule has 4 fully saturated rings. The van der Waals surface area contributed by atoms with Crippen molar-refractivity contribution in [2.45, 2.75) is 43.2 Å². The summed E-state index contributed by atoms with van der Waals surface area (Å²) in [7, 11) is 0. The van der Waals surface area contributed by atoms with Crippen LogP contribution in [0.1, 0.15) is 36.8 Å². The van der Waals surface area contributed by atoms with Crippen LogP contribution < -0.4 is 0 Å². The Labute approximate surface area is 178 Å². The highest BCUT2D eigenvalue weighted by molar-refractivity contribution is 8.21. The van der Waals surface area contributed by atoms with Crippen molar-refractivity contribution < 1.29 is 4.79 Å². The number of hydrogen-bond donors (Lipinski definition) is 0. The highest BCUT2D eigenvalue weighted by atomic mass is 32.2. The predicted molar refractivity (Wildman–Crippen MR) is 120 cm³/mol. The summed E-state index contributed by atoms with van der Waals surface area (Å²) in [6.45, 7) is 7.04. The van der Waals surface area contributed by atoms with Crippen LogP contribution in [0, 0.1) is 24.7 Å². The van der Waals surface area contributed by atoms with E-state index < -0.39 is 0 Å². The summed E-state index contributed by atoms with van der Waals surface area (Å²) in [5.41, 5.74) is 2.79. The van der Waals surface area contributed by atoms with Crippen LogP contribution in [-0.4, -0.2) is 57.5 Å². The lowest BCUT2D eigenvalue weighted by Crippen LogP contribution is -2.51. The van der Waals surface area contributed by atoms with Gasteiger partial charge >= 0.3 is 0 Å². The third kappa shape index (κ3) is 3.41. The van der Waals surface area contributed by atoms with Gasteiger partial charge in [-0.2, -0.15) is 0 Å². The monoisotopic (exact) mass is 416 g/mol. The minimum atomic E-state index is 0.299. The van der Waals surface area contributed by atoms with E-state index in [4.69, 9.17) is 0 Å². The lowest BCUT2D eigenvalue weighted by atomic mass is 9.79. The molecule has 0 N–H and O–H groups in total. The number of piperazine rings is 1. The number of hydrogen-bond acceptors (Lipinski definition) is 4. The van der Waals surface area contributed by atoms with Crippen LogP contribution in [0.3, 0.4) is 0 Å². The van der Waals surface area contributed by atoms with Crippen LogP contribution in [0.4, 0.5) is 0 Å². The van der Waals surface area contributed by atoms with Crippen LogP contribution >= 0.6 is 23.5 Å². The van der Waals surface area contributed by atoms with E-state index in [0.717, 1.165) is 57.4 Å². The fourth-order valence-electron chi connectivity index (χ4n) is 6.02. The number of rotatable bonds is 3. The summed E-state index contributed by atoms with van der Waals surface area (Å²) in [6.07, 6.45) is 5.02. The first-order valence-electron chi connectivity index (χ1n) is 11.0. The molecular formula is C23H32N2OS2. The second-order valence-corrected chi connectivity index (χ2v) is 12.1. The molecule has 1 amide bonds. The first kappa shape index (κ1) is 19.3. The number of aryl methyl sites for hydroxylation is 1. The molecule has 2 aliphatic carbocycles. The first-order chi connectivity index (χ1) is 13.7. The van der Waals surface area contributed by atoms with E-state index in [1.807, 2.05) is 0 Å². The summed E-state index contributed by atoms with van der Waals surface area (Å²) < 4.78 is 0.489. The average Bonchev–Trinajstić information content (AvgIpc) is 3.25. The number of nitrogens with zero attached hydrogens (tertiary/aromatic N) is 2. The van der Waals surface area contributed by atoms with Gasteiger partial charge in [-0.05, 0) is 55.6 Å². The third-order valence-corrected chi connectivity index (χ3v) is 11.6. The van der Waals surface area contributed by atoms with Crippen LogP contribution in [0.5, 0.6) is 0 Å². The number of benzene rings is 1. The molecule has 2 saturated carbocycles. The highest BCUT2D eigenvalue weighted by Crippen LogP contribution is 2.65. The van der Waals surface area contributed by atoms with E-state index >= 15 is 0 Å². The lowest BCUT2D eigenvalue weighted by Gasteiger charge is -2.44. The van der Waals surface area contributed by atoms with Crippen LogP contribution in [0.2, 0.25) is 0 Å². The Balaban J connectivity index is 1.16. The van der Waals surface area contributed by atoms with Crippen molar-refractivity contribution in [2.24, 2.45) is 17.8 Å². The summed E-state index contributed by atoms with van der Waals surface area (Å²) >= 11 is 4.45. The molecule has 2 heterocycles. The molecule has 3 nitrogen and oxygen atoms in total. The van der Waals surface area contributed by atoms with Crippen molar-refractivity contribution in [3.8, 4) is 0 Å². The molecular weight excluding hydrogens is 384 g/mol. The second-order valence-electron chi connectivity index (χ2n) is 9.09. The largest absolute Gasteiger partial charge is 0.340 e. The molecule has 2 aliphatic heterocycles. The van der Waals surface area contributed by atoms with Gasteiger partial charge in [-0.15, -0.1) is 23.5 Å². The average molecular weight is 417 g/mol. The summed E-state index contributed by atoms with van der Waals surface area (Å²) in [5.74, 6) is 4.96. The zero-order chi connectivity index (χ0) is 19.1. The van der Waals surface area contributed by atoms with Gasteiger partial charge in [0.15, 0.2) is 0 Å². The highest BCUT2D eigenvalue weighted by Gasteiger charge is 2.57. The van der Waals surface area contributed by atoms with Crippen molar-refractivity contribution in [1.82, 2.24) is 9.80 Å². The van der Waals surface area contributed by atoms with Crippen molar-refractivity contribution in [3.05, 3.63) is 35.4 Å². The van der Waals surface area contributed by atoms with E-state index in [1.54, 1.807) is 0 Å². The van der Waals surface area contributed by atoms with Gasteiger partial charge in [0.2, 0.25) is 5.91 Å². The molecule has 0 radical (unpaired) electrons. The Kier molecular flexibility index (Phi) is 5.44. The molecule has 28 heavy (non-hydrogen) atoms. The van der Waals surface area contributed by atoms with Gasteiger partial charge < -0.3 is 4.90 Å². The molecule has 5 heteroatoms. The molecule has 0 aromatic heterocycles. The van der Waals surface area contributed by atoms with Crippen LogP contribution in [-0.2, 0) is 11.3 Å². The minimum absolute atomic E-state index is 0.299. The lowest BCUT2D eigenvalue weighted by molar-refractivity contribution is -0.139. The van der Waals surface area contributed by atoms with E-state index in [1.165, 1.54) is 35.5 Å². The van der Waals surface area contributed by atoms with Crippen molar-refractivity contribution in [2.75, 3.05) is 37.7 Å². The van der Waals surface area contributed by atoms with Gasteiger partial charge in [-0.1, -0.05) is 24.3 Å². The first-order valence-corrected chi connectivity index (χ1v) is 13.0. The molecule has 1 aromatic rings. The number of thioether (sulfide) groups is 2. The minimum Gasteiger partial charge on any atom is -0.340 e. The van der Waals surface area contributed by atoms with Gasteiger partial charge in [0.05, 0.1) is 4.08 Å². The van der Waals surface area contributed by atoms with Gasteiger partial charge in [-0.25, -0.2) is 0 Å². The topological polar surface area (TPSA) is 23.6 Å². The number of carbonyl (C=O) groups is 1. The molecule has 1 spiro atoms. The van der Waals surface area contributed by atoms with E-state index in [0.29, 0.717) is 15.9 Å². The van der Waals surface area contributed by atoms with Crippen molar-refractivity contribution in [1.29, 1.82) is 0 Å². The fraction of sp³-hybridized carbons (Fsp3) is 0.696. The van der Waals surface area contributed by atoms with E-state index in [-0.39, 0.29) is 0 Å². The van der Waals surface area contributed by atoms with Crippen LogP contribution in [0.15, 0.2) is 24.3 Å². The Bertz CT molecular complexity index is 709. The molecule has 5 rings (SSSR count). The van der Waals surface area contributed by atoms with Gasteiger partial charge in [0, 0.05) is 50.1 Å².